The zero-order chi connectivity index (χ0) is 22.1. The summed E-state index contributed by atoms with van der Waals surface area (Å²) in [4.78, 5) is 64.2. The molecule has 0 radical (unpaired) electrons. The first-order valence-corrected chi connectivity index (χ1v) is 9.20. The second kappa shape index (κ2) is 19.6. The van der Waals surface area contributed by atoms with Gasteiger partial charge in [0.1, 0.15) is 24.6 Å². The first-order chi connectivity index (χ1) is 13.1. The molecule has 0 amide bonds. The number of rotatable bonds is 15. The molecular formula is C19H30O9Ti. The molecule has 29 heavy (non-hydrogen) atoms. The van der Waals surface area contributed by atoms with E-state index in [0.717, 1.165) is 25.7 Å². The number of carboxylic acids is 2. The second-order valence-electron chi connectivity index (χ2n) is 6.12. The molecular weight excluding hydrogens is 420 g/mol. The van der Waals surface area contributed by atoms with E-state index in [1.807, 2.05) is 20.8 Å². The van der Waals surface area contributed by atoms with E-state index in [4.69, 9.17) is 14.9 Å². The Kier molecular flexibility index (Phi) is 21.6. The summed E-state index contributed by atoms with van der Waals surface area (Å²) < 4.78 is 4.99. The maximum atomic E-state index is 11.2. The summed E-state index contributed by atoms with van der Waals surface area (Å²) in [6, 6.07) is 0. The third kappa shape index (κ3) is 19.4. The minimum absolute atomic E-state index is 0. The molecule has 0 spiro atoms. The van der Waals surface area contributed by atoms with E-state index in [2.05, 4.69) is 0 Å². The molecule has 0 aliphatic heterocycles. The van der Waals surface area contributed by atoms with Gasteiger partial charge in [-0.2, -0.15) is 0 Å². The molecule has 0 aromatic carbocycles. The Bertz CT molecular complexity index is 554. The standard InChI is InChI=1S/C11H16O6.C8H14O3.Ti/c1-2-3-4-17-7-9(13)5-8(12)6-10(14)11(15)16;1-3-6(4-2)7(9)5-8(10)11;/h2-7H2,1H3,(H,15,16);6H,3-5H2,1-2H3,(H,10,11);. The van der Waals surface area contributed by atoms with Gasteiger partial charge >= 0.3 is 11.9 Å². The molecule has 0 rings (SSSR count). The van der Waals surface area contributed by atoms with Crippen molar-refractivity contribution in [1.29, 1.82) is 0 Å². The van der Waals surface area contributed by atoms with E-state index in [-0.39, 0.29) is 46.4 Å². The summed E-state index contributed by atoms with van der Waals surface area (Å²) in [5.74, 6) is -5.24. The van der Waals surface area contributed by atoms with Gasteiger partial charge in [0.25, 0.3) is 0 Å². The Morgan fingerprint density at radius 1 is 0.828 bits per heavy atom. The maximum absolute atomic E-state index is 11.2. The normalized spacial score (nSPS) is 9.66. The fourth-order valence-corrected chi connectivity index (χ4v) is 2.06. The number of carbonyl (C=O) groups excluding carboxylic acids is 4. The minimum atomic E-state index is -1.66. The molecule has 0 heterocycles. The van der Waals surface area contributed by atoms with Crippen molar-refractivity contribution in [2.45, 2.75) is 65.7 Å². The third-order valence-corrected chi connectivity index (χ3v) is 3.66. The number of aliphatic carboxylic acids is 2. The van der Waals surface area contributed by atoms with E-state index >= 15 is 0 Å². The van der Waals surface area contributed by atoms with Crippen molar-refractivity contribution >= 4 is 35.1 Å². The molecule has 0 saturated carbocycles. The zero-order valence-corrected chi connectivity index (χ0v) is 18.8. The first kappa shape index (κ1) is 32.0. The molecule has 0 atom stereocenters. The number of unbranched alkanes of at least 4 members (excludes halogenated alkanes) is 1. The van der Waals surface area contributed by atoms with Gasteiger partial charge in [-0.1, -0.05) is 27.2 Å². The van der Waals surface area contributed by atoms with E-state index in [0.29, 0.717) is 6.61 Å². The van der Waals surface area contributed by atoms with E-state index < -0.39 is 42.1 Å². The number of carboxylic acid groups (broad SMARTS) is 2. The van der Waals surface area contributed by atoms with Gasteiger partial charge in [-0.05, 0) is 19.3 Å². The third-order valence-electron chi connectivity index (χ3n) is 3.66. The van der Waals surface area contributed by atoms with Gasteiger partial charge in [0.2, 0.25) is 5.78 Å². The quantitative estimate of drug-likeness (QED) is 0.165. The van der Waals surface area contributed by atoms with Gasteiger partial charge in [0.05, 0.1) is 12.8 Å². The average Bonchev–Trinajstić information content (AvgIpc) is 2.59. The molecule has 0 saturated heterocycles. The Labute approximate surface area is 185 Å². The zero-order valence-electron chi connectivity index (χ0n) is 17.2. The van der Waals surface area contributed by atoms with Crippen LogP contribution in [0.2, 0.25) is 0 Å². The predicted octanol–water partition coefficient (Wildman–Crippen LogP) is 1.84. The van der Waals surface area contributed by atoms with Crippen LogP contribution in [-0.4, -0.2) is 58.5 Å². The first-order valence-electron chi connectivity index (χ1n) is 9.20. The Morgan fingerprint density at radius 2 is 1.38 bits per heavy atom. The molecule has 0 aromatic heterocycles. The van der Waals surface area contributed by atoms with Gasteiger partial charge in [0.15, 0.2) is 5.78 Å². The van der Waals surface area contributed by atoms with Gasteiger partial charge < -0.3 is 14.9 Å². The van der Waals surface area contributed by atoms with Gasteiger partial charge in [-0.25, -0.2) is 4.79 Å². The Hall–Kier alpha value is -1.71. The van der Waals surface area contributed by atoms with Crippen molar-refractivity contribution in [1.82, 2.24) is 0 Å². The minimum Gasteiger partial charge on any atom is -0.481 e. The van der Waals surface area contributed by atoms with Crippen molar-refractivity contribution in [2.24, 2.45) is 5.92 Å². The van der Waals surface area contributed by atoms with Crippen molar-refractivity contribution in [3.63, 3.8) is 0 Å². The summed E-state index contributed by atoms with van der Waals surface area (Å²) in [6.07, 6.45) is 1.73. The molecule has 0 aliphatic carbocycles. The molecule has 9 nitrogen and oxygen atoms in total. The van der Waals surface area contributed by atoms with Crippen molar-refractivity contribution < 1.29 is 65.4 Å². The fourth-order valence-electron chi connectivity index (χ4n) is 2.06. The van der Waals surface area contributed by atoms with Crippen LogP contribution in [-0.2, 0) is 55.2 Å². The van der Waals surface area contributed by atoms with Crippen LogP contribution in [0.3, 0.4) is 0 Å². The van der Waals surface area contributed by atoms with E-state index in [9.17, 15) is 28.8 Å². The van der Waals surface area contributed by atoms with E-state index in [1.54, 1.807) is 0 Å². The van der Waals surface area contributed by atoms with Crippen LogP contribution in [0.4, 0.5) is 0 Å². The van der Waals surface area contributed by atoms with Gasteiger partial charge in [-0.15, -0.1) is 0 Å². The smallest absolute Gasteiger partial charge is 0.372 e. The van der Waals surface area contributed by atoms with Crippen molar-refractivity contribution in [2.75, 3.05) is 13.2 Å². The van der Waals surface area contributed by atoms with Crippen LogP contribution in [0.1, 0.15) is 65.7 Å². The number of Topliss-reactive ketones (excluding diaryl/α,β-unsaturated/α-hetero) is 4. The molecule has 0 unspecified atom stereocenters. The second-order valence-corrected chi connectivity index (χ2v) is 6.12. The van der Waals surface area contributed by atoms with Crippen LogP contribution >= 0.6 is 0 Å². The summed E-state index contributed by atoms with van der Waals surface area (Å²) in [6.45, 7) is 6.05. The van der Waals surface area contributed by atoms with Crippen LogP contribution in [0.15, 0.2) is 0 Å². The fraction of sp³-hybridized carbons (Fsp3) is 0.684. The molecule has 0 fully saturated rings. The van der Waals surface area contributed by atoms with Crippen LogP contribution in [0, 0.1) is 5.92 Å². The number of ketones is 4. The van der Waals surface area contributed by atoms with Crippen LogP contribution < -0.4 is 0 Å². The summed E-state index contributed by atoms with van der Waals surface area (Å²) in [5.41, 5.74) is 0. The van der Waals surface area contributed by atoms with Crippen LogP contribution in [0.5, 0.6) is 0 Å². The van der Waals surface area contributed by atoms with Gasteiger partial charge in [0, 0.05) is 34.2 Å². The van der Waals surface area contributed by atoms with Gasteiger partial charge in [-0.3, -0.25) is 24.0 Å². The number of ether oxygens (including phenoxy) is 1. The topological polar surface area (TPSA) is 152 Å². The molecule has 0 bridgehead atoms. The summed E-state index contributed by atoms with van der Waals surface area (Å²) >= 11 is 0. The Morgan fingerprint density at radius 3 is 1.79 bits per heavy atom. The molecule has 0 aromatic rings. The maximum Gasteiger partial charge on any atom is 0.372 e. The average molecular weight is 450 g/mol. The van der Waals surface area contributed by atoms with Crippen LogP contribution in [0.25, 0.3) is 0 Å². The van der Waals surface area contributed by atoms with E-state index in [1.165, 1.54) is 0 Å². The summed E-state index contributed by atoms with van der Waals surface area (Å²) in [7, 11) is 0. The van der Waals surface area contributed by atoms with Crippen molar-refractivity contribution in [3.8, 4) is 0 Å². The predicted molar refractivity (Wildman–Crippen MR) is 98.9 cm³/mol. The number of hydrogen-bond acceptors (Lipinski definition) is 7. The summed E-state index contributed by atoms with van der Waals surface area (Å²) in [5, 5.41) is 16.6. The van der Waals surface area contributed by atoms with Crippen molar-refractivity contribution in [3.05, 3.63) is 0 Å². The molecule has 10 heteroatoms. The molecule has 164 valence electrons. The number of carbonyl (C=O) groups is 6. The molecule has 0 aliphatic rings. The Balaban J connectivity index is -0.000000491. The largest absolute Gasteiger partial charge is 0.481 e. The SMILES string of the molecule is CCC(CC)C(=O)CC(=O)O.CCCCOCC(=O)CC(=O)CC(=O)C(=O)O.[Ti]. The molecule has 2 N–H and O–H groups in total. The number of hydrogen-bond donors (Lipinski definition) is 2. The monoisotopic (exact) mass is 450 g/mol.